The van der Waals surface area contributed by atoms with Crippen LogP contribution in [0, 0.1) is 0 Å². The summed E-state index contributed by atoms with van der Waals surface area (Å²) in [5.41, 5.74) is 6.38. The van der Waals surface area contributed by atoms with Gasteiger partial charge < -0.3 is 10.6 Å². The van der Waals surface area contributed by atoms with Gasteiger partial charge in [0.05, 0.1) is 0 Å². The van der Waals surface area contributed by atoms with E-state index >= 15 is 0 Å². The first-order chi connectivity index (χ1) is 8.73. The number of rotatable bonds is 5. The zero-order valence-electron chi connectivity index (χ0n) is 11.1. The highest BCUT2D eigenvalue weighted by molar-refractivity contribution is 7.09. The van der Waals surface area contributed by atoms with Crippen molar-refractivity contribution < 1.29 is 0 Å². The van der Waals surface area contributed by atoms with Gasteiger partial charge in [0.1, 0.15) is 0 Å². The van der Waals surface area contributed by atoms with Crippen molar-refractivity contribution in [1.29, 1.82) is 0 Å². The van der Waals surface area contributed by atoms with Crippen LogP contribution in [-0.4, -0.2) is 48.1 Å². The molecule has 100 valence electrons. The maximum atomic E-state index is 6.16. The summed E-state index contributed by atoms with van der Waals surface area (Å²) in [4.78, 5) is 6.61. The van der Waals surface area contributed by atoms with Crippen LogP contribution < -0.4 is 5.73 Å². The van der Waals surface area contributed by atoms with E-state index in [1.54, 1.807) is 0 Å². The van der Waals surface area contributed by atoms with Gasteiger partial charge in [-0.3, -0.25) is 4.90 Å². The molecule has 1 saturated carbocycles. The van der Waals surface area contributed by atoms with Crippen LogP contribution in [-0.2, 0) is 6.54 Å². The molecule has 1 saturated heterocycles. The van der Waals surface area contributed by atoms with Crippen LogP contribution in [0.1, 0.15) is 24.1 Å². The van der Waals surface area contributed by atoms with E-state index < -0.39 is 0 Å². The van der Waals surface area contributed by atoms with Crippen molar-refractivity contribution in [1.82, 2.24) is 9.80 Å². The van der Waals surface area contributed by atoms with E-state index in [4.69, 9.17) is 5.73 Å². The molecule has 1 atom stereocenters. The molecule has 2 heterocycles. The number of likely N-dealkylation sites (N-methyl/N-ethyl adjacent to an activating group) is 1. The van der Waals surface area contributed by atoms with Crippen LogP contribution in [0.15, 0.2) is 17.5 Å². The molecule has 3 rings (SSSR count). The Morgan fingerprint density at radius 2 is 2.39 bits per heavy atom. The molecule has 18 heavy (non-hydrogen) atoms. The molecule has 1 aromatic rings. The summed E-state index contributed by atoms with van der Waals surface area (Å²) in [6, 6.07) is 5.19. The fourth-order valence-electron chi connectivity index (χ4n) is 3.22. The van der Waals surface area contributed by atoms with E-state index in [-0.39, 0.29) is 5.54 Å². The Morgan fingerprint density at radius 3 is 2.89 bits per heavy atom. The molecule has 1 aliphatic carbocycles. The molecule has 4 heteroatoms. The molecule has 1 aliphatic heterocycles. The van der Waals surface area contributed by atoms with Gasteiger partial charge in [0, 0.05) is 36.1 Å². The average Bonchev–Trinajstić information content (AvgIpc) is 2.93. The number of hydrogen-bond donors (Lipinski definition) is 1. The lowest BCUT2D eigenvalue weighted by atomic mass is 9.95. The summed E-state index contributed by atoms with van der Waals surface area (Å²) in [6.45, 7) is 4.20. The number of likely N-dealkylation sites (tertiary alicyclic amines) is 1. The van der Waals surface area contributed by atoms with Gasteiger partial charge in [-0.15, -0.1) is 11.3 Å². The Bertz CT molecular complexity index is 388. The molecule has 2 aliphatic rings. The van der Waals surface area contributed by atoms with Crippen molar-refractivity contribution in [2.45, 2.75) is 37.4 Å². The standard InChI is InChI=1S/C14H23N3S/c1-16-7-6-14(10-15,11-16)17(12-4-5-12)9-13-3-2-8-18-13/h2-3,8,12H,4-7,9-11,15H2,1H3. The number of nitrogens with zero attached hydrogens (tertiary/aromatic N) is 2. The quantitative estimate of drug-likeness (QED) is 0.880. The van der Waals surface area contributed by atoms with Gasteiger partial charge in [-0.1, -0.05) is 6.07 Å². The van der Waals surface area contributed by atoms with Crippen molar-refractivity contribution in [3.63, 3.8) is 0 Å². The third-order valence-electron chi connectivity index (χ3n) is 4.41. The van der Waals surface area contributed by atoms with Crippen molar-refractivity contribution in [3.05, 3.63) is 22.4 Å². The van der Waals surface area contributed by atoms with E-state index in [2.05, 4.69) is 34.4 Å². The zero-order valence-corrected chi connectivity index (χ0v) is 12.0. The largest absolute Gasteiger partial charge is 0.329 e. The Kier molecular flexibility index (Phi) is 3.45. The first kappa shape index (κ1) is 12.6. The van der Waals surface area contributed by atoms with Crippen molar-refractivity contribution in [2.24, 2.45) is 5.73 Å². The minimum Gasteiger partial charge on any atom is -0.329 e. The maximum absolute atomic E-state index is 6.16. The summed E-state index contributed by atoms with van der Waals surface area (Å²) in [6.07, 6.45) is 3.94. The van der Waals surface area contributed by atoms with Gasteiger partial charge in [-0.05, 0) is 44.3 Å². The first-order valence-corrected chi connectivity index (χ1v) is 7.79. The maximum Gasteiger partial charge on any atom is 0.0477 e. The van der Waals surface area contributed by atoms with Crippen molar-refractivity contribution >= 4 is 11.3 Å². The van der Waals surface area contributed by atoms with Gasteiger partial charge in [0.25, 0.3) is 0 Å². The van der Waals surface area contributed by atoms with Gasteiger partial charge >= 0.3 is 0 Å². The SMILES string of the molecule is CN1CCC(CN)(N(Cc2cccs2)C2CC2)C1. The van der Waals surface area contributed by atoms with E-state index in [1.165, 1.54) is 30.7 Å². The molecule has 0 bridgehead atoms. The second-order valence-corrected chi connectivity index (χ2v) is 6.89. The molecular weight excluding hydrogens is 242 g/mol. The predicted octanol–water partition coefficient (Wildman–Crippen LogP) is 1.75. The number of nitrogens with two attached hydrogens (primary N) is 1. The summed E-state index contributed by atoms with van der Waals surface area (Å²) in [7, 11) is 2.22. The Hall–Kier alpha value is -0.420. The van der Waals surface area contributed by atoms with E-state index in [0.29, 0.717) is 0 Å². The normalized spacial score (nSPS) is 29.3. The fourth-order valence-corrected chi connectivity index (χ4v) is 3.92. The van der Waals surface area contributed by atoms with Gasteiger partial charge in [0.2, 0.25) is 0 Å². The summed E-state index contributed by atoms with van der Waals surface area (Å²) >= 11 is 1.87. The molecular formula is C14H23N3S. The van der Waals surface area contributed by atoms with Crippen LogP contribution in [0.5, 0.6) is 0 Å². The van der Waals surface area contributed by atoms with Gasteiger partial charge in [-0.25, -0.2) is 0 Å². The molecule has 0 aromatic carbocycles. The van der Waals surface area contributed by atoms with Crippen molar-refractivity contribution in [2.75, 3.05) is 26.7 Å². The monoisotopic (exact) mass is 265 g/mol. The Labute approximate surface area is 114 Å². The van der Waals surface area contributed by atoms with E-state index in [0.717, 1.165) is 25.7 Å². The molecule has 2 N–H and O–H groups in total. The first-order valence-electron chi connectivity index (χ1n) is 6.91. The third kappa shape index (κ3) is 2.35. The molecule has 0 spiro atoms. The summed E-state index contributed by atoms with van der Waals surface area (Å²) in [5.74, 6) is 0. The Morgan fingerprint density at radius 1 is 1.56 bits per heavy atom. The van der Waals surface area contributed by atoms with Gasteiger partial charge in [-0.2, -0.15) is 0 Å². The van der Waals surface area contributed by atoms with Crippen LogP contribution >= 0.6 is 11.3 Å². The molecule has 1 unspecified atom stereocenters. The molecule has 0 amide bonds. The average molecular weight is 265 g/mol. The molecule has 2 fully saturated rings. The minimum atomic E-state index is 0.222. The lowest BCUT2D eigenvalue weighted by Crippen LogP contribution is -2.55. The summed E-state index contributed by atoms with van der Waals surface area (Å²) in [5, 5.41) is 2.18. The van der Waals surface area contributed by atoms with Crippen LogP contribution in [0.25, 0.3) is 0 Å². The molecule has 3 nitrogen and oxygen atoms in total. The highest BCUT2D eigenvalue weighted by Gasteiger charge is 2.46. The van der Waals surface area contributed by atoms with Gasteiger partial charge in [0.15, 0.2) is 0 Å². The smallest absolute Gasteiger partial charge is 0.0477 e. The molecule has 0 radical (unpaired) electrons. The second kappa shape index (κ2) is 4.93. The van der Waals surface area contributed by atoms with Crippen LogP contribution in [0.2, 0.25) is 0 Å². The molecule has 1 aromatic heterocycles. The number of hydrogen-bond acceptors (Lipinski definition) is 4. The van der Waals surface area contributed by atoms with E-state index in [1.807, 2.05) is 11.3 Å². The lowest BCUT2D eigenvalue weighted by Gasteiger charge is -2.40. The highest BCUT2D eigenvalue weighted by atomic mass is 32.1. The topological polar surface area (TPSA) is 32.5 Å². The fraction of sp³-hybridized carbons (Fsp3) is 0.714. The third-order valence-corrected chi connectivity index (χ3v) is 5.27. The lowest BCUT2D eigenvalue weighted by molar-refractivity contribution is 0.0851. The predicted molar refractivity (Wildman–Crippen MR) is 76.8 cm³/mol. The van der Waals surface area contributed by atoms with E-state index in [9.17, 15) is 0 Å². The summed E-state index contributed by atoms with van der Waals surface area (Å²) < 4.78 is 0. The van der Waals surface area contributed by atoms with Crippen molar-refractivity contribution in [3.8, 4) is 0 Å². The van der Waals surface area contributed by atoms with Crippen LogP contribution in [0.4, 0.5) is 0 Å². The highest BCUT2D eigenvalue weighted by Crippen LogP contribution is 2.38. The van der Waals surface area contributed by atoms with Crippen LogP contribution in [0.3, 0.4) is 0 Å². The zero-order chi connectivity index (χ0) is 12.6. The Balaban J connectivity index is 1.79. The minimum absolute atomic E-state index is 0.222. The number of thiophene rings is 1. The second-order valence-electron chi connectivity index (χ2n) is 5.85.